The summed E-state index contributed by atoms with van der Waals surface area (Å²) in [5, 5.41) is 6.81. The topological polar surface area (TPSA) is 37.0 Å². The van der Waals surface area contributed by atoms with Crippen molar-refractivity contribution in [2.75, 3.05) is 19.6 Å². The van der Waals surface area contributed by atoms with Crippen LogP contribution in [0.3, 0.4) is 0 Å². The van der Waals surface area contributed by atoms with Crippen molar-refractivity contribution in [3.8, 4) is 0 Å². The maximum Gasteiger partial charge on any atom is 0.0541 e. The number of rotatable bonds is 4. The van der Waals surface area contributed by atoms with E-state index in [2.05, 4.69) is 21.7 Å². The average Bonchev–Trinajstić information content (AvgIpc) is 2.72. The van der Waals surface area contributed by atoms with E-state index < -0.39 is 0 Å². The summed E-state index contributed by atoms with van der Waals surface area (Å²) in [6.45, 7) is 4.33. The molecule has 1 fully saturated rings. The molecule has 2 rings (SSSR count). The van der Waals surface area contributed by atoms with Crippen LogP contribution in [-0.2, 0) is 6.54 Å². The van der Waals surface area contributed by atoms with Crippen molar-refractivity contribution in [2.45, 2.75) is 13.0 Å². The summed E-state index contributed by atoms with van der Waals surface area (Å²) in [7, 11) is 0. The Morgan fingerprint density at radius 2 is 2.50 bits per heavy atom. The number of pyridine rings is 1. The molecule has 0 saturated carbocycles. The van der Waals surface area contributed by atoms with Crippen LogP contribution in [0.15, 0.2) is 24.4 Å². The summed E-state index contributed by atoms with van der Waals surface area (Å²) in [6.07, 6.45) is 3.14. The van der Waals surface area contributed by atoms with Gasteiger partial charge in [0.15, 0.2) is 0 Å². The minimum absolute atomic E-state index is 0.804. The van der Waals surface area contributed by atoms with E-state index in [1.54, 1.807) is 0 Å². The molecule has 0 aromatic carbocycles. The maximum atomic E-state index is 4.26. The van der Waals surface area contributed by atoms with E-state index in [0.29, 0.717) is 0 Å². The average molecular weight is 191 g/mol. The summed E-state index contributed by atoms with van der Waals surface area (Å²) >= 11 is 0. The van der Waals surface area contributed by atoms with Crippen LogP contribution in [0.1, 0.15) is 12.1 Å². The number of hydrogen-bond acceptors (Lipinski definition) is 3. The van der Waals surface area contributed by atoms with Crippen LogP contribution in [-0.4, -0.2) is 24.6 Å². The summed E-state index contributed by atoms with van der Waals surface area (Å²) in [5.74, 6) is 0.804. The summed E-state index contributed by atoms with van der Waals surface area (Å²) in [6, 6.07) is 6.03. The Hall–Kier alpha value is -0.930. The van der Waals surface area contributed by atoms with E-state index >= 15 is 0 Å². The fourth-order valence-electron chi connectivity index (χ4n) is 1.80. The van der Waals surface area contributed by atoms with Crippen molar-refractivity contribution in [2.24, 2.45) is 5.92 Å². The summed E-state index contributed by atoms with van der Waals surface area (Å²) < 4.78 is 0. The lowest BCUT2D eigenvalue weighted by Crippen LogP contribution is -2.24. The maximum absolute atomic E-state index is 4.26. The first-order valence-corrected chi connectivity index (χ1v) is 5.26. The highest BCUT2D eigenvalue weighted by Gasteiger charge is 2.13. The van der Waals surface area contributed by atoms with Crippen molar-refractivity contribution in [1.82, 2.24) is 15.6 Å². The Kier molecular flexibility index (Phi) is 3.49. The van der Waals surface area contributed by atoms with Crippen LogP contribution in [0.25, 0.3) is 0 Å². The Morgan fingerprint density at radius 1 is 1.50 bits per heavy atom. The van der Waals surface area contributed by atoms with Gasteiger partial charge in [0.05, 0.1) is 5.69 Å². The third kappa shape index (κ3) is 2.79. The smallest absolute Gasteiger partial charge is 0.0541 e. The first kappa shape index (κ1) is 9.62. The number of nitrogens with zero attached hydrogens (tertiary/aromatic N) is 1. The van der Waals surface area contributed by atoms with Gasteiger partial charge in [0, 0.05) is 12.7 Å². The van der Waals surface area contributed by atoms with E-state index in [9.17, 15) is 0 Å². The van der Waals surface area contributed by atoms with Crippen molar-refractivity contribution in [3.63, 3.8) is 0 Å². The molecule has 14 heavy (non-hydrogen) atoms. The minimum atomic E-state index is 0.804. The van der Waals surface area contributed by atoms with Crippen LogP contribution < -0.4 is 10.6 Å². The van der Waals surface area contributed by atoms with E-state index in [1.807, 2.05) is 18.3 Å². The molecule has 1 aliphatic rings. The predicted molar refractivity (Wildman–Crippen MR) is 56.9 cm³/mol. The molecule has 76 valence electrons. The molecule has 0 radical (unpaired) electrons. The standard InChI is InChI=1S/C11H17N3/c1-2-5-14-11(3-1)9-13-8-10-4-6-12-7-10/h1-3,5,10,12-13H,4,6-9H2. The van der Waals surface area contributed by atoms with Crippen LogP contribution in [0.4, 0.5) is 0 Å². The molecule has 1 aliphatic heterocycles. The van der Waals surface area contributed by atoms with Gasteiger partial charge in [-0.25, -0.2) is 0 Å². The zero-order chi connectivity index (χ0) is 9.64. The van der Waals surface area contributed by atoms with Crippen LogP contribution in [0.5, 0.6) is 0 Å². The molecule has 1 unspecified atom stereocenters. The van der Waals surface area contributed by atoms with Gasteiger partial charge in [-0.15, -0.1) is 0 Å². The van der Waals surface area contributed by atoms with Gasteiger partial charge >= 0.3 is 0 Å². The molecular weight excluding hydrogens is 174 g/mol. The van der Waals surface area contributed by atoms with Crippen molar-refractivity contribution >= 4 is 0 Å². The van der Waals surface area contributed by atoms with Crippen molar-refractivity contribution in [1.29, 1.82) is 0 Å². The van der Waals surface area contributed by atoms with Crippen LogP contribution in [0, 0.1) is 5.92 Å². The number of hydrogen-bond donors (Lipinski definition) is 2. The Bertz CT molecular complexity index is 254. The van der Waals surface area contributed by atoms with Gasteiger partial charge in [-0.3, -0.25) is 4.98 Å². The lowest BCUT2D eigenvalue weighted by molar-refractivity contribution is 0.510. The molecule has 3 nitrogen and oxygen atoms in total. The highest BCUT2D eigenvalue weighted by molar-refractivity contribution is 5.02. The molecule has 0 aliphatic carbocycles. The van der Waals surface area contributed by atoms with E-state index in [-0.39, 0.29) is 0 Å². The van der Waals surface area contributed by atoms with Gasteiger partial charge in [0.1, 0.15) is 0 Å². The fraction of sp³-hybridized carbons (Fsp3) is 0.545. The van der Waals surface area contributed by atoms with Gasteiger partial charge in [-0.1, -0.05) is 6.07 Å². The summed E-state index contributed by atoms with van der Waals surface area (Å²) in [4.78, 5) is 4.26. The molecular formula is C11H17N3. The third-order valence-corrected chi connectivity index (χ3v) is 2.63. The SMILES string of the molecule is c1ccc(CNCC2CCNC2)nc1. The van der Waals surface area contributed by atoms with Gasteiger partial charge < -0.3 is 10.6 Å². The molecule has 1 aromatic rings. The molecule has 2 heterocycles. The highest BCUT2D eigenvalue weighted by atomic mass is 14.9. The van der Waals surface area contributed by atoms with Crippen molar-refractivity contribution in [3.05, 3.63) is 30.1 Å². The van der Waals surface area contributed by atoms with Gasteiger partial charge in [0.25, 0.3) is 0 Å². The monoisotopic (exact) mass is 191 g/mol. The largest absolute Gasteiger partial charge is 0.316 e. The normalized spacial score (nSPS) is 21.3. The van der Waals surface area contributed by atoms with Gasteiger partial charge in [0.2, 0.25) is 0 Å². The van der Waals surface area contributed by atoms with Crippen molar-refractivity contribution < 1.29 is 0 Å². The van der Waals surface area contributed by atoms with E-state index in [4.69, 9.17) is 0 Å². The highest BCUT2D eigenvalue weighted by Crippen LogP contribution is 2.05. The van der Waals surface area contributed by atoms with E-state index in [1.165, 1.54) is 13.0 Å². The van der Waals surface area contributed by atoms with Crippen LogP contribution in [0.2, 0.25) is 0 Å². The second-order valence-corrected chi connectivity index (χ2v) is 3.81. The molecule has 2 N–H and O–H groups in total. The molecule has 0 bridgehead atoms. The molecule has 3 heteroatoms. The van der Waals surface area contributed by atoms with E-state index in [0.717, 1.165) is 31.2 Å². The lowest BCUT2D eigenvalue weighted by atomic mass is 10.1. The second-order valence-electron chi connectivity index (χ2n) is 3.81. The molecule has 1 aromatic heterocycles. The quantitative estimate of drug-likeness (QED) is 0.738. The van der Waals surface area contributed by atoms with Gasteiger partial charge in [-0.05, 0) is 44.1 Å². The zero-order valence-electron chi connectivity index (χ0n) is 8.37. The first-order chi connectivity index (χ1) is 6.95. The fourth-order valence-corrected chi connectivity index (χ4v) is 1.80. The molecule has 0 amide bonds. The first-order valence-electron chi connectivity index (χ1n) is 5.26. The predicted octanol–water partition coefficient (Wildman–Crippen LogP) is 0.781. The molecule has 1 atom stereocenters. The lowest BCUT2D eigenvalue weighted by Gasteiger charge is -2.09. The molecule has 0 spiro atoms. The number of nitrogens with one attached hydrogen (secondary N) is 2. The Labute approximate surface area is 84.9 Å². The second kappa shape index (κ2) is 5.08. The van der Waals surface area contributed by atoms with Crippen LogP contribution >= 0.6 is 0 Å². The Balaban J connectivity index is 1.67. The zero-order valence-corrected chi connectivity index (χ0v) is 8.37. The Morgan fingerprint density at radius 3 is 3.21 bits per heavy atom. The molecule has 1 saturated heterocycles. The van der Waals surface area contributed by atoms with Gasteiger partial charge in [-0.2, -0.15) is 0 Å². The third-order valence-electron chi connectivity index (χ3n) is 2.63. The summed E-state index contributed by atoms with van der Waals surface area (Å²) in [5.41, 5.74) is 1.12. The number of aromatic nitrogens is 1. The minimum Gasteiger partial charge on any atom is -0.316 e.